The highest BCUT2D eigenvalue weighted by atomic mass is 32.2. The van der Waals surface area contributed by atoms with Crippen LogP contribution >= 0.6 is 12.0 Å². The van der Waals surface area contributed by atoms with Gasteiger partial charge >= 0.3 is 0 Å². The lowest BCUT2D eigenvalue weighted by molar-refractivity contribution is 0.173. The van der Waals surface area contributed by atoms with Gasteiger partial charge in [0.15, 0.2) is 0 Å². The summed E-state index contributed by atoms with van der Waals surface area (Å²) >= 11 is 1.66. The highest BCUT2D eigenvalue weighted by Crippen LogP contribution is 2.18. The molecule has 1 aliphatic rings. The van der Waals surface area contributed by atoms with Crippen molar-refractivity contribution in [3.05, 3.63) is 0 Å². The van der Waals surface area contributed by atoms with Gasteiger partial charge in [-0.2, -0.15) is 0 Å². The zero-order chi connectivity index (χ0) is 10.2. The van der Waals surface area contributed by atoms with Gasteiger partial charge in [0.1, 0.15) is 0 Å². The Kier molecular flexibility index (Phi) is 6.65. The van der Waals surface area contributed by atoms with Gasteiger partial charge in [-0.05, 0) is 57.4 Å². The van der Waals surface area contributed by atoms with Crippen LogP contribution in [0.4, 0.5) is 0 Å². The van der Waals surface area contributed by atoms with Gasteiger partial charge in [0, 0.05) is 5.75 Å². The van der Waals surface area contributed by atoms with Gasteiger partial charge in [-0.1, -0.05) is 13.3 Å². The summed E-state index contributed by atoms with van der Waals surface area (Å²) < 4.78 is 5.61. The highest BCUT2D eigenvalue weighted by Gasteiger charge is 2.16. The van der Waals surface area contributed by atoms with Crippen LogP contribution in [0.25, 0.3) is 0 Å². The summed E-state index contributed by atoms with van der Waals surface area (Å²) in [7, 11) is 2.20. The first-order valence-corrected chi connectivity index (χ1v) is 6.67. The molecule has 1 heterocycles. The molecule has 0 spiro atoms. The summed E-state index contributed by atoms with van der Waals surface area (Å²) in [6.45, 7) is 5.67. The SMILES string of the molecule is CCCCSOCC1CCN(C)CC1. The molecular formula is C11H23NOS. The summed E-state index contributed by atoms with van der Waals surface area (Å²) in [6, 6.07) is 0. The van der Waals surface area contributed by atoms with Crippen molar-refractivity contribution in [2.45, 2.75) is 32.6 Å². The molecule has 0 radical (unpaired) electrons. The largest absolute Gasteiger partial charge is 0.315 e. The third-order valence-corrected chi connectivity index (χ3v) is 3.56. The first-order chi connectivity index (χ1) is 6.83. The van der Waals surface area contributed by atoms with E-state index in [1.54, 1.807) is 12.0 Å². The fourth-order valence-corrected chi connectivity index (χ4v) is 2.45. The summed E-state index contributed by atoms with van der Waals surface area (Å²) in [6.07, 6.45) is 5.17. The molecule has 3 heteroatoms. The maximum absolute atomic E-state index is 5.61. The number of likely N-dealkylation sites (tertiary alicyclic amines) is 1. The maximum Gasteiger partial charge on any atom is 0.0643 e. The Balaban J connectivity index is 1.91. The molecule has 0 bridgehead atoms. The van der Waals surface area contributed by atoms with Gasteiger partial charge in [-0.25, -0.2) is 0 Å². The molecule has 1 saturated heterocycles. The Labute approximate surface area is 92.6 Å². The fourth-order valence-electron chi connectivity index (χ4n) is 1.64. The standard InChI is InChI=1S/C11H23NOS/c1-3-4-9-14-13-10-11-5-7-12(2)8-6-11/h11H,3-10H2,1-2H3. The van der Waals surface area contributed by atoms with E-state index in [-0.39, 0.29) is 0 Å². The number of nitrogens with zero attached hydrogens (tertiary/aromatic N) is 1. The lowest BCUT2D eigenvalue weighted by Gasteiger charge is -2.28. The van der Waals surface area contributed by atoms with E-state index >= 15 is 0 Å². The van der Waals surface area contributed by atoms with E-state index in [1.165, 1.54) is 38.8 Å². The highest BCUT2D eigenvalue weighted by molar-refractivity contribution is 7.94. The van der Waals surface area contributed by atoms with Crippen molar-refractivity contribution in [2.24, 2.45) is 5.92 Å². The molecule has 1 fully saturated rings. The molecule has 14 heavy (non-hydrogen) atoms. The van der Waals surface area contributed by atoms with Crippen LogP contribution in [0.15, 0.2) is 0 Å². The van der Waals surface area contributed by atoms with Gasteiger partial charge < -0.3 is 9.08 Å². The van der Waals surface area contributed by atoms with Crippen LogP contribution in [-0.4, -0.2) is 37.4 Å². The molecule has 1 rings (SSSR count). The zero-order valence-electron chi connectivity index (χ0n) is 9.50. The van der Waals surface area contributed by atoms with Crippen molar-refractivity contribution >= 4 is 12.0 Å². The number of hydrogen-bond acceptors (Lipinski definition) is 3. The van der Waals surface area contributed by atoms with Gasteiger partial charge in [0.05, 0.1) is 6.61 Å². The van der Waals surface area contributed by atoms with Crippen molar-refractivity contribution in [3.8, 4) is 0 Å². The maximum atomic E-state index is 5.61. The van der Waals surface area contributed by atoms with Gasteiger partial charge in [-0.15, -0.1) is 0 Å². The van der Waals surface area contributed by atoms with Crippen LogP contribution in [0.3, 0.4) is 0 Å². The van der Waals surface area contributed by atoms with Gasteiger partial charge in [0.25, 0.3) is 0 Å². The molecule has 0 aliphatic carbocycles. The second kappa shape index (κ2) is 7.55. The van der Waals surface area contributed by atoms with E-state index in [0.717, 1.165) is 18.3 Å². The van der Waals surface area contributed by atoms with Crippen molar-refractivity contribution in [2.75, 3.05) is 32.5 Å². The van der Waals surface area contributed by atoms with Crippen molar-refractivity contribution in [1.29, 1.82) is 0 Å². The number of unbranched alkanes of at least 4 members (excludes halogenated alkanes) is 1. The predicted octanol–water partition coefficient (Wildman–Crippen LogP) is 2.79. The third-order valence-electron chi connectivity index (χ3n) is 2.81. The minimum absolute atomic E-state index is 0.806. The molecule has 0 atom stereocenters. The molecule has 0 aromatic rings. The molecule has 0 aromatic carbocycles. The molecular weight excluding hydrogens is 194 g/mol. The van der Waals surface area contributed by atoms with E-state index < -0.39 is 0 Å². The Hall–Kier alpha value is 0.270. The molecule has 0 unspecified atom stereocenters. The fraction of sp³-hybridized carbons (Fsp3) is 1.00. The first-order valence-electron chi connectivity index (χ1n) is 5.76. The number of rotatable bonds is 6. The normalized spacial score (nSPS) is 20.1. The Morgan fingerprint density at radius 2 is 2.07 bits per heavy atom. The Morgan fingerprint density at radius 3 is 2.71 bits per heavy atom. The lowest BCUT2D eigenvalue weighted by Crippen LogP contribution is -2.31. The average Bonchev–Trinajstić information content (AvgIpc) is 2.21. The van der Waals surface area contributed by atoms with E-state index in [1.807, 2.05) is 0 Å². The zero-order valence-corrected chi connectivity index (χ0v) is 10.3. The summed E-state index contributed by atoms with van der Waals surface area (Å²) in [5.74, 6) is 1.96. The van der Waals surface area contributed by atoms with E-state index in [4.69, 9.17) is 4.18 Å². The average molecular weight is 217 g/mol. The predicted molar refractivity (Wildman–Crippen MR) is 63.5 cm³/mol. The lowest BCUT2D eigenvalue weighted by atomic mass is 9.98. The molecule has 0 N–H and O–H groups in total. The number of hydrogen-bond donors (Lipinski definition) is 0. The topological polar surface area (TPSA) is 12.5 Å². The van der Waals surface area contributed by atoms with Crippen molar-refractivity contribution in [1.82, 2.24) is 4.90 Å². The van der Waals surface area contributed by atoms with E-state index in [0.29, 0.717) is 0 Å². The number of piperidine rings is 1. The molecule has 1 aliphatic heterocycles. The van der Waals surface area contributed by atoms with Crippen LogP contribution in [0.2, 0.25) is 0 Å². The third kappa shape index (κ3) is 5.23. The van der Waals surface area contributed by atoms with E-state index in [2.05, 4.69) is 18.9 Å². The molecule has 2 nitrogen and oxygen atoms in total. The van der Waals surface area contributed by atoms with Crippen LogP contribution in [0, 0.1) is 5.92 Å². The monoisotopic (exact) mass is 217 g/mol. The van der Waals surface area contributed by atoms with Crippen molar-refractivity contribution < 1.29 is 4.18 Å². The summed E-state index contributed by atoms with van der Waals surface area (Å²) in [4.78, 5) is 2.40. The van der Waals surface area contributed by atoms with Crippen LogP contribution in [-0.2, 0) is 4.18 Å². The molecule has 84 valence electrons. The van der Waals surface area contributed by atoms with Crippen LogP contribution < -0.4 is 0 Å². The van der Waals surface area contributed by atoms with Crippen molar-refractivity contribution in [3.63, 3.8) is 0 Å². The summed E-state index contributed by atoms with van der Waals surface area (Å²) in [5.41, 5.74) is 0. The van der Waals surface area contributed by atoms with Gasteiger partial charge in [0.2, 0.25) is 0 Å². The second-order valence-electron chi connectivity index (χ2n) is 4.21. The smallest absolute Gasteiger partial charge is 0.0643 e. The quantitative estimate of drug-likeness (QED) is 0.501. The molecule has 0 amide bonds. The Bertz CT molecular complexity index is 135. The van der Waals surface area contributed by atoms with Crippen LogP contribution in [0.5, 0.6) is 0 Å². The van der Waals surface area contributed by atoms with Gasteiger partial charge in [-0.3, -0.25) is 0 Å². The Morgan fingerprint density at radius 1 is 1.36 bits per heavy atom. The minimum Gasteiger partial charge on any atom is -0.315 e. The van der Waals surface area contributed by atoms with E-state index in [9.17, 15) is 0 Å². The molecule has 0 saturated carbocycles. The summed E-state index contributed by atoms with van der Waals surface area (Å²) in [5, 5.41) is 0. The van der Waals surface area contributed by atoms with Crippen LogP contribution in [0.1, 0.15) is 32.6 Å². The first kappa shape index (κ1) is 12.3. The second-order valence-corrected chi connectivity index (χ2v) is 5.09. The minimum atomic E-state index is 0.806. The molecule has 0 aromatic heterocycles.